The number of carbonyl (C=O) groups excluding carboxylic acids is 2. The number of H-pyrrole nitrogens is 1. The summed E-state index contributed by atoms with van der Waals surface area (Å²) in [7, 11) is 0. The number of ether oxygens (including phenoxy) is 1. The number of piperidine rings is 1. The first-order valence-corrected chi connectivity index (χ1v) is 9.26. The molecule has 142 valence electrons. The third-order valence-electron chi connectivity index (χ3n) is 6.00. The van der Waals surface area contributed by atoms with Crippen molar-refractivity contribution >= 4 is 11.9 Å². The van der Waals surface area contributed by atoms with Crippen LogP contribution >= 0.6 is 0 Å². The van der Waals surface area contributed by atoms with Crippen LogP contribution in [0.2, 0.25) is 0 Å². The van der Waals surface area contributed by atoms with E-state index in [1.807, 2.05) is 21.6 Å². The van der Waals surface area contributed by atoms with Crippen LogP contribution in [0.4, 0.5) is 4.79 Å². The number of aromatic nitrogens is 3. The Labute approximate surface area is 152 Å². The molecule has 4 heterocycles. The molecule has 0 unspecified atom stereocenters. The van der Waals surface area contributed by atoms with E-state index in [0.29, 0.717) is 52.5 Å². The second-order valence-electron chi connectivity index (χ2n) is 7.58. The maximum absolute atomic E-state index is 12.9. The van der Waals surface area contributed by atoms with E-state index >= 15 is 0 Å². The standard InChI is InChI=1S/C17H26N6O3/c1-12-18-15(20-19-12)17-3-4-22(16(25)21-5-7-26-8-6-21)9-14(17)10-23(11-17)13(2)24/h14H,3-11H2,1-2H3,(H,18,19,20)/t14-,17-/m1/s1. The molecular weight excluding hydrogens is 336 g/mol. The summed E-state index contributed by atoms with van der Waals surface area (Å²) in [6.45, 7) is 8.54. The van der Waals surface area contributed by atoms with Gasteiger partial charge in [0.25, 0.3) is 0 Å². The van der Waals surface area contributed by atoms with Crippen LogP contribution in [0.5, 0.6) is 0 Å². The molecule has 1 aromatic rings. The first-order valence-electron chi connectivity index (χ1n) is 9.26. The SMILES string of the molecule is CC(=O)N1C[C@H]2CN(C(=O)N3CCOCC3)CC[C@@]2(c2n[nH]c(C)n2)C1. The average molecular weight is 362 g/mol. The van der Waals surface area contributed by atoms with Crippen LogP contribution in [0, 0.1) is 12.8 Å². The number of nitrogens with one attached hydrogen (secondary N) is 1. The molecule has 1 N–H and O–H groups in total. The van der Waals surface area contributed by atoms with Gasteiger partial charge in [0.2, 0.25) is 5.91 Å². The molecule has 3 aliphatic rings. The van der Waals surface area contributed by atoms with Gasteiger partial charge in [-0.2, -0.15) is 5.10 Å². The van der Waals surface area contributed by atoms with E-state index in [2.05, 4.69) is 15.2 Å². The molecule has 1 aromatic heterocycles. The van der Waals surface area contributed by atoms with Crippen molar-refractivity contribution < 1.29 is 14.3 Å². The zero-order valence-electron chi connectivity index (χ0n) is 15.4. The first kappa shape index (κ1) is 17.3. The molecule has 0 radical (unpaired) electrons. The number of likely N-dealkylation sites (tertiary alicyclic amines) is 2. The number of aromatic amines is 1. The van der Waals surface area contributed by atoms with Gasteiger partial charge in [-0.05, 0) is 13.3 Å². The molecule has 4 rings (SSSR count). The van der Waals surface area contributed by atoms with Crippen LogP contribution in [-0.4, -0.2) is 94.3 Å². The van der Waals surface area contributed by atoms with Gasteiger partial charge in [0, 0.05) is 52.1 Å². The number of carbonyl (C=O) groups is 2. The Bertz CT molecular complexity index is 700. The Morgan fingerprint density at radius 2 is 1.88 bits per heavy atom. The van der Waals surface area contributed by atoms with Crippen LogP contribution < -0.4 is 0 Å². The fourth-order valence-corrected chi connectivity index (χ4v) is 4.48. The summed E-state index contributed by atoms with van der Waals surface area (Å²) in [6, 6.07) is 0.0781. The summed E-state index contributed by atoms with van der Waals surface area (Å²) in [5, 5.41) is 7.36. The van der Waals surface area contributed by atoms with Crippen molar-refractivity contribution in [3.8, 4) is 0 Å². The van der Waals surface area contributed by atoms with E-state index in [4.69, 9.17) is 4.74 Å². The van der Waals surface area contributed by atoms with Gasteiger partial charge in [-0.15, -0.1) is 0 Å². The second-order valence-corrected chi connectivity index (χ2v) is 7.58. The summed E-state index contributed by atoms with van der Waals surface area (Å²) in [5.41, 5.74) is -0.266. The zero-order chi connectivity index (χ0) is 18.3. The third-order valence-corrected chi connectivity index (χ3v) is 6.00. The Hall–Kier alpha value is -2.16. The Morgan fingerprint density at radius 3 is 2.54 bits per heavy atom. The molecular formula is C17H26N6O3. The van der Waals surface area contributed by atoms with E-state index in [1.165, 1.54) is 0 Å². The van der Waals surface area contributed by atoms with Gasteiger partial charge < -0.3 is 19.4 Å². The number of amides is 3. The smallest absolute Gasteiger partial charge is 0.320 e. The predicted molar refractivity (Wildman–Crippen MR) is 92.5 cm³/mol. The van der Waals surface area contributed by atoms with Gasteiger partial charge in [0.05, 0.1) is 18.6 Å². The second kappa shape index (κ2) is 6.53. The van der Waals surface area contributed by atoms with Crippen molar-refractivity contribution in [2.75, 3.05) is 52.5 Å². The lowest BCUT2D eigenvalue weighted by Gasteiger charge is -2.43. The highest BCUT2D eigenvalue weighted by atomic mass is 16.5. The monoisotopic (exact) mass is 362 g/mol. The lowest BCUT2D eigenvalue weighted by Crippen LogP contribution is -2.56. The van der Waals surface area contributed by atoms with Crippen LogP contribution in [0.15, 0.2) is 0 Å². The fraction of sp³-hybridized carbons (Fsp3) is 0.765. The largest absolute Gasteiger partial charge is 0.378 e. The number of fused-ring (bicyclic) bond motifs is 1. The molecule has 0 saturated carbocycles. The molecule has 3 saturated heterocycles. The number of hydrogen-bond acceptors (Lipinski definition) is 5. The molecule has 0 bridgehead atoms. The Morgan fingerprint density at radius 1 is 1.15 bits per heavy atom. The van der Waals surface area contributed by atoms with Gasteiger partial charge >= 0.3 is 6.03 Å². The molecule has 0 aromatic carbocycles. The third kappa shape index (κ3) is 2.84. The number of nitrogens with zero attached hydrogens (tertiary/aromatic N) is 5. The molecule has 3 fully saturated rings. The molecule has 9 nitrogen and oxygen atoms in total. The van der Waals surface area contributed by atoms with Crippen LogP contribution in [-0.2, 0) is 14.9 Å². The maximum atomic E-state index is 12.9. The minimum Gasteiger partial charge on any atom is -0.378 e. The molecule has 26 heavy (non-hydrogen) atoms. The van der Waals surface area contributed by atoms with Gasteiger partial charge in [0.15, 0.2) is 5.82 Å². The summed E-state index contributed by atoms with van der Waals surface area (Å²) >= 11 is 0. The number of morpholine rings is 1. The maximum Gasteiger partial charge on any atom is 0.320 e. The number of rotatable bonds is 1. The summed E-state index contributed by atoms with van der Waals surface area (Å²) in [5.74, 6) is 1.78. The summed E-state index contributed by atoms with van der Waals surface area (Å²) < 4.78 is 5.35. The van der Waals surface area contributed by atoms with Crippen molar-refractivity contribution in [1.29, 1.82) is 0 Å². The Balaban J connectivity index is 1.56. The van der Waals surface area contributed by atoms with Crippen molar-refractivity contribution in [1.82, 2.24) is 29.9 Å². The average Bonchev–Trinajstić information content (AvgIpc) is 3.25. The van der Waals surface area contributed by atoms with E-state index in [1.54, 1.807) is 6.92 Å². The van der Waals surface area contributed by atoms with Crippen LogP contribution in [0.1, 0.15) is 25.0 Å². The Kier molecular flexibility index (Phi) is 4.34. The van der Waals surface area contributed by atoms with E-state index in [-0.39, 0.29) is 23.3 Å². The number of urea groups is 1. The summed E-state index contributed by atoms with van der Waals surface area (Å²) in [6.07, 6.45) is 0.773. The molecule has 3 aliphatic heterocycles. The molecule has 2 atom stereocenters. The molecule has 9 heteroatoms. The quantitative estimate of drug-likeness (QED) is 0.758. The highest BCUT2D eigenvalue weighted by molar-refractivity contribution is 5.75. The van der Waals surface area contributed by atoms with E-state index in [0.717, 1.165) is 18.1 Å². The molecule has 0 spiro atoms. The van der Waals surface area contributed by atoms with Gasteiger partial charge in [-0.3, -0.25) is 9.89 Å². The number of hydrogen-bond donors (Lipinski definition) is 1. The minimum atomic E-state index is -0.266. The zero-order valence-corrected chi connectivity index (χ0v) is 15.4. The van der Waals surface area contributed by atoms with Gasteiger partial charge in [0.1, 0.15) is 5.82 Å². The van der Waals surface area contributed by atoms with E-state index < -0.39 is 0 Å². The van der Waals surface area contributed by atoms with Crippen molar-refractivity contribution in [3.05, 3.63) is 11.6 Å². The molecule has 3 amide bonds. The van der Waals surface area contributed by atoms with Gasteiger partial charge in [-0.25, -0.2) is 9.78 Å². The highest BCUT2D eigenvalue weighted by Gasteiger charge is 2.54. The normalized spacial score (nSPS) is 29.0. The topological polar surface area (TPSA) is 94.7 Å². The first-order chi connectivity index (χ1) is 12.5. The van der Waals surface area contributed by atoms with Crippen LogP contribution in [0.3, 0.4) is 0 Å². The fourth-order valence-electron chi connectivity index (χ4n) is 4.48. The predicted octanol–water partition coefficient (Wildman–Crippen LogP) is -0.0129. The lowest BCUT2D eigenvalue weighted by molar-refractivity contribution is -0.128. The van der Waals surface area contributed by atoms with Gasteiger partial charge in [-0.1, -0.05) is 0 Å². The van der Waals surface area contributed by atoms with E-state index in [9.17, 15) is 9.59 Å². The molecule has 0 aliphatic carbocycles. The van der Waals surface area contributed by atoms with Crippen molar-refractivity contribution in [2.45, 2.75) is 25.7 Å². The van der Waals surface area contributed by atoms with Crippen LogP contribution in [0.25, 0.3) is 0 Å². The minimum absolute atomic E-state index is 0.0667. The lowest BCUT2D eigenvalue weighted by atomic mass is 9.72. The van der Waals surface area contributed by atoms with Crippen molar-refractivity contribution in [3.63, 3.8) is 0 Å². The highest BCUT2D eigenvalue weighted by Crippen LogP contribution is 2.44. The van der Waals surface area contributed by atoms with Crippen molar-refractivity contribution in [2.24, 2.45) is 5.92 Å². The summed E-state index contributed by atoms with van der Waals surface area (Å²) in [4.78, 5) is 35.1. The number of aryl methyl sites for hydroxylation is 1.